The van der Waals surface area contributed by atoms with Crippen LogP contribution in [0.1, 0.15) is 16.8 Å². The maximum atomic E-state index is 14.7. The van der Waals surface area contributed by atoms with E-state index in [0.29, 0.717) is 23.5 Å². The van der Waals surface area contributed by atoms with E-state index in [-0.39, 0.29) is 11.7 Å². The molecule has 0 saturated heterocycles. The van der Waals surface area contributed by atoms with Crippen LogP contribution in [0.25, 0.3) is 5.57 Å². The molecule has 4 rings (SSSR count). The number of likely N-dealkylation sites (N-methyl/N-ethyl adjacent to an activating group) is 1. The lowest BCUT2D eigenvalue weighted by molar-refractivity contribution is -0.110. The summed E-state index contributed by atoms with van der Waals surface area (Å²) in [6.07, 6.45) is 4.12. The van der Waals surface area contributed by atoms with Gasteiger partial charge in [0.15, 0.2) is 0 Å². The summed E-state index contributed by atoms with van der Waals surface area (Å²) >= 11 is 0. The van der Waals surface area contributed by atoms with Crippen LogP contribution < -0.4 is 15.5 Å². The molecule has 3 aromatic rings. The third-order valence-corrected chi connectivity index (χ3v) is 5.21. The van der Waals surface area contributed by atoms with Gasteiger partial charge in [0.1, 0.15) is 5.82 Å². The van der Waals surface area contributed by atoms with Gasteiger partial charge in [-0.1, -0.05) is 18.2 Å². The van der Waals surface area contributed by atoms with Crippen molar-refractivity contribution in [3.63, 3.8) is 0 Å². The molecule has 1 amide bonds. The molecular weight excluding hydrogens is 379 g/mol. The third-order valence-electron chi connectivity index (χ3n) is 5.21. The van der Waals surface area contributed by atoms with E-state index >= 15 is 0 Å². The van der Waals surface area contributed by atoms with Gasteiger partial charge in [-0.25, -0.2) is 4.39 Å². The Hall–Kier alpha value is -3.67. The van der Waals surface area contributed by atoms with E-state index in [1.807, 2.05) is 55.3 Å². The largest absolute Gasteiger partial charge is 0.372 e. The van der Waals surface area contributed by atoms with Crippen molar-refractivity contribution < 1.29 is 9.18 Å². The quantitative estimate of drug-likeness (QED) is 0.591. The topological polar surface area (TPSA) is 57.3 Å². The molecular formula is C24H23FN4O. The molecule has 0 fully saturated rings. The number of aryl methyl sites for hydroxylation is 1. The second-order valence-corrected chi connectivity index (χ2v) is 7.31. The smallest absolute Gasteiger partial charge is 0.257 e. The van der Waals surface area contributed by atoms with Crippen LogP contribution in [-0.4, -0.2) is 24.5 Å². The van der Waals surface area contributed by atoms with Gasteiger partial charge >= 0.3 is 0 Å². The van der Waals surface area contributed by atoms with E-state index in [0.717, 1.165) is 28.9 Å². The number of aromatic nitrogens is 1. The fraction of sp³-hybridized carbons (Fsp3) is 0.167. The molecule has 0 unspecified atom stereocenters. The fourth-order valence-electron chi connectivity index (χ4n) is 3.58. The number of nitrogens with one attached hydrogen (secondary N) is 2. The molecule has 5 nitrogen and oxygen atoms in total. The summed E-state index contributed by atoms with van der Waals surface area (Å²) in [5.41, 5.74) is 5.29. The number of fused-ring (bicyclic) bond motifs is 1. The van der Waals surface area contributed by atoms with Crippen LogP contribution in [0.4, 0.5) is 21.5 Å². The molecule has 0 aliphatic carbocycles. The Morgan fingerprint density at radius 1 is 1.17 bits per heavy atom. The molecule has 2 aromatic carbocycles. The molecule has 0 bridgehead atoms. The number of rotatable bonds is 6. The fourth-order valence-corrected chi connectivity index (χ4v) is 3.58. The van der Waals surface area contributed by atoms with E-state index in [1.54, 1.807) is 24.5 Å². The molecule has 30 heavy (non-hydrogen) atoms. The van der Waals surface area contributed by atoms with Gasteiger partial charge in [-0.05, 0) is 48.9 Å². The van der Waals surface area contributed by atoms with Gasteiger partial charge in [0, 0.05) is 55.0 Å². The highest BCUT2D eigenvalue weighted by molar-refractivity contribution is 6.32. The van der Waals surface area contributed by atoms with Crippen molar-refractivity contribution in [2.45, 2.75) is 13.3 Å². The second kappa shape index (κ2) is 8.37. The molecule has 0 saturated carbocycles. The zero-order valence-corrected chi connectivity index (χ0v) is 16.9. The Morgan fingerprint density at radius 2 is 2.03 bits per heavy atom. The molecule has 1 aliphatic rings. The number of hydrogen-bond donors (Lipinski definition) is 2. The number of halogens is 1. The first-order valence-electron chi connectivity index (χ1n) is 9.81. The van der Waals surface area contributed by atoms with Gasteiger partial charge in [0.05, 0.1) is 11.3 Å². The zero-order valence-electron chi connectivity index (χ0n) is 16.9. The Bertz CT molecular complexity index is 1110. The molecule has 2 N–H and O–H groups in total. The molecule has 1 aromatic heterocycles. The van der Waals surface area contributed by atoms with Gasteiger partial charge in [-0.2, -0.15) is 0 Å². The van der Waals surface area contributed by atoms with Crippen molar-refractivity contribution >= 4 is 28.5 Å². The van der Waals surface area contributed by atoms with Crippen LogP contribution in [0, 0.1) is 12.7 Å². The molecule has 0 radical (unpaired) electrons. The molecule has 1 aliphatic heterocycles. The minimum absolute atomic E-state index is 0.168. The molecule has 2 heterocycles. The summed E-state index contributed by atoms with van der Waals surface area (Å²) in [5, 5.41) is 5.91. The van der Waals surface area contributed by atoms with Crippen molar-refractivity contribution in [3.8, 4) is 0 Å². The predicted molar refractivity (Wildman–Crippen MR) is 119 cm³/mol. The predicted octanol–water partition coefficient (Wildman–Crippen LogP) is 4.61. The average molecular weight is 402 g/mol. The standard InChI is InChI=1S/C24H23FN4O/c1-16-6-5-8-21-23(16)19(24(30)28-21)15-27-18-9-10-22(20(25)14-18)29(2)13-11-17-7-3-4-12-26-17/h3-10,12,14-15,27H,11,13H2,1-2H3,(H,28,30)/b19-15-. The first kappa shape index (κ1) is 19.6. The number of carbonyl (C=O) groups excluding carboxylic acids is 1. The molecule has 0 spiro atoms. The van der Waals surface area contributed by atoms with Gasteiger partial charge in [-0.15, -0.1) is 0 Å². The van der Waals surface area contributed by atoms with Crippen molar-refractivity contribution in [1.29, 1.82) is 0 Å². The lowest BCUT2D eigenvalue weighted by Gasteiger charge is -2.20. The van der Waals surface area contributed by atoms with E-state index < -0.39 is 0 Å². The van der Waals surface area contributed by atoms with Crippen LogP contribution >= 0.6 is 0 Å². The number of carbonyl (C=O) groups is 1. The van der Waals surface area contributed by atoms with Crippen LogP contribution in [0.2, 0.25) is 0 Å². The van der Waals surface area contributed by atoms with Crippen LogP contribution in [-0.2, 0) is 11.2 Å². The Balaban J connectivity index is 1.46. The van der Waals surface area contributed by atoms with E-state index in [1.165, 1.54) is 6.07 Å². The highest BCUT2D eigenvalue weighted by atomic mass is 19.1. The Labute approximate surface area is 175 Å². The minimum Gasteiger partial charge on any atom is -0.372 e. The lowest BCUT2D eigenvalue weighted by Crippen LogP contribution is -2.21. The molecule has 152 valence electrons. The highest BCUT2D eigenvalue weighted by Gasteiger charge is 2.25. The summed E-state index contributed by atoms with van der Waals surface area (Å²) < 4.78 is 14.7. The number of amides is 1. The minimum atomic E-state index is -0.325. The number of pyridine rings is 1. The van der Waals surface area contributed by atoms with Gasteiger partial charge in [-0.3, -0.25) is 9.78 Å². The summed E-state index contributed by atoms with van der Waals surface area (Å²) in [6, 6.07) is 16.5. The number of hydrogen-bond acceptors (Lipinski definition) is 4. The monoisotopic (exact) mass is 402 g/mol. The maximum Gasteiger partial charge on any atom is 0.257 e. The average Bonchev–Trinajstić information content (AvgIpc) is 3.07. The Morgan fingerprint density at radius 3 is 2.80 bits per heavy atom. The summed E-state index contributed by atoms with van der Waals surface area (Å²) in [5.74, 6) is -0.493. The lowest BCUT2D eigenvalue weighted by atomic mass is 10.0. The number of benzene rings is 2. The van der Waals surface area contributed by atoms with Crippen LogP contribution in [0.15, 0.2) is 67.0 Å². The Kier molecular flexibility index (Phi) is 5.48. The van der Waals surface area contributed by atoms with Crippen molar-refractivity contribution in [3.05, 3.63) is 89.6 Å². The first-order chi connectivity index (χ1) is 14.5. The van der Waals surface area contributed by atoms with Crippen molar-refractivity contribution in [2.24, 2.45) is 0 Å². The van der Waals surface area contributed by atoms with Crippen molar-refractivity contribution in [2.75, 3.05) is 29.1 Å². The van der Waals surface area contributed by atoms with Crippen LogP contribution in [0.5, 0.6) is 0 Å². The third kappa shape index (κ3) is 4.03. The van der Waals surface area contributed by atoms with E-state index in [9.17, 15) is 9.18 Å². The number of anilines is 3. The summed E-state index contributed by atoms with van der Waals surface area (Å²) in [7, 11) is 1.86. The maximum absolute atomic E-state index is 14.7. The normalized spacial score (nSPS) is 13.8. The SMILES string of the molecule is Cc1cccc2c1/C(=C/Nc1ccc(N(C)CCc3ccccn3)c(F)c1)C(=O)N2. The second-order valence-electron chi connectivity index (χ2n) is 7.31. The molecule has 6 heteroatoms. The molecule has 0 atom stereocenters. The van der Waals surface area contributed by atoms with E-state index in [4.69, 9.17) is 0 Å². The zero-order chi connectivity index (χ0) is 21.1. The van der Waals surface area contributed by atoms with Gasteiger partial charge in [0.25, 0.3) is 5.91 Å². The summed E-state index contributed by atoms with van der Waals surface area (Å²) in [6.45, 7) is 2.61. The number of nitrogens with zero attached hydrogens (tertiary/aromatic N) is 2. The van der Waals surface area contributed by atoms with Gasteiger partial charge < -0.3 is 15.5 Å². The van der Waals surface area contributed by atoms with Crippen molar-refractivity contribution in [1.82, 2.24) is 4.98 Å². The van der Waals surface area contributed by atoms with E-state index in [2.05, 4.69) is 15.6 Å². The van der Waals surface area contributed by atoms with Gasteiger partial charge in [0.2, 0.25) is 0 Å². The van der Waals surface area contributed by atoms with Crippen LogP contribution in [0.3, 0.4) is 0 Å². The first-order valence-corrected chi connectivity index (χ1v) is 9.81. The summed E-state index contributed by atoms with van der Waals surface area (Å²) in [4.78, 5) is 18.5. The highest BCUT2D eigenvalue weighted by Crippen LogP contribution is 2.34.